The summed E-state index contributed by atoms with van der Waals surface area (Å²) in [5.41, 5.74) is 5.19. The number of halogens is 2. The van der Waals surface area contributed by atoms with Crippen LogP contribution >= 0.6 is 43.2 Å². The molecule has 1 unspecified atom stereocenters. The van der Waals surface area contributed by atoms with Crippen LogP contribution < -0.4 is 11.3 Å². The highest BCUT2D eigenvalue weighted by atomic mass is 79.9. The maximum atomic E-state index is 5.77. The third kappa shape index (κ3) is 3.11. The zero-order chi connectivity index (χ0) is 14.0. The summed E-state index contributed by atoms with van der Waals surface area (Å²) in [5, 5.41) is 4.40. The number of rotatable bonds is 5. The molecule has 3 N–H and O–H groups in total. The fraction of sp³-hybridized carbons (Fsp3) is 0.417. The molecule has 0 saturated heterocycles. The number of hydrogen-bond acceptors (Lipinski definition) is 4. The van der Waals surface area contributed by atoms with Gasteiger partial charge in [0, 0.05) is 11.4 Å². The van der Waals surface area contributed by atoms with Gasteiger partial charge in [-0.2, -0.15) is 5.10 Å². The molecule has 0 saturated carbocycles. The zero-order valence-electron chi connectivity index (χ0n) is 10.8. The Morgan fingerprint density at radius 1 is 1.53 bits per heavy atom. The summed E-state index contributed by atoms with van der Waals surface area (Å²) < 4.78 is 4.11. The molecule has 0 aliphatic carbocycles. The summed E-state index contributed by atoms with van der Waals surface area (Å²) in [5.74, 6) is 5.77. The third-order valence-electron chi connectivity index (χ3n) is 2.87. The lowest BCUT2D eigenvalue weighted by Crippen LogP contribution is -2.30. The lowest BCUT2D eigenvalue weighted by Gasteiger charge is -2.17. The average Bonchev–Trinajstić information content (AvgIpc) is 2.88. The van der Waals surface area contributed by atoms with Crippen LogP contribution in [0.25, 0.3) is 0 Å². The molecule has 2 heterocycles. The zero-order valence-corrected chi connectivity index (χ0v) is 14.8. The minimum atomic E-state index is -0.0570. The Hall–Kier alpha value is -0.210. The van der Waals surface area contributed by atoms with Crippen molar-refractivity contribution in [3.8, 4) is 0 Å². The van der Waals surface area contributed by atoms with Gasteiger partial charge in [0.15, 0.2) is 0 Å². The first-order valence-electron chi connectivity index (χ1n) is 6.01. The number of nitrogens with one attached hydrogen (secondary N) is 1. The number of nitrogens with zero attached hydrogens (tertiary/aromatic N) is 2. The van der Waals surface area contributed by atoms with E-state index in [0.717, 1.165) is 26.9 Å². The lowest BCUT2D eigenvalue weighted by molar-refractivity contribution is 0.523. The molecule has 19 heavy (non-hydrogen) atoms. The SMILES string of the molecule is CCCn1ncc(Br)c1C(NN)c1cc(C)c(Br)s1. The number of hydrazine groups is 1. The molecule has 0 bridgehead atoms. The van der Waals surface area contributed by atoms with Crippen LogP contribution in [0.5, 0.6) is 0 Å². The van der Waals surface area contributed by atoms with Crippen molar-refractivity contribution < 1.29 is 0 Å². The lowest BCUT2D eigenvalue weighted by atomic mass is 10.1. The monoisotopic (exact) mass is 406 g/mol. The van der Waals surface area contributed by atoms with E-state index in [9.17, 15) is 0 Å². The number of thiophene rings is 1. The van der Waals surface area contributed by atoms with E-state index in [1.807, 2.05) is 10.9 Å². The van der Waals surface area contributed by atoms with Crippen LogP contribution in [0.3, 0.4) is 0 Å². The Morgan fingerprint density at radius 2 is 2.26 bits per heavy atom. The largest absolute Gasteiger partial charge is 0.270 e. The van der Waals surface area contributed by atoms with Gasteiger partial charge in [-0.3, -0.25) is 10.5 Å². The van der Waals surface area contributed by atoms with E-state index in [1.54, 1.807) is 11.3 Å². The van der Waals surface area contributed by atoms with Gasteiger partial charge in [-0.1, -0.05) is 6.92 Å². The predicted octanol–water partition coefficient (Wildman–Crippen LogP) is 3.74. The van der Waals surface area contributed by atoms with Crippen LogP contribution in [-0.4, -0.2) is 9.78 Å². The summed E-state index contributed by atoms with van der Waals surface area (Å²) in [4.78, 5) is 1.17. The number of aryl methyl sites for hydroxylation is 2. The molecule has 0 aromatic carbocycles. The van der Waals surface area contributed by atoms with Crippen molar-refractivity contribution in [2.75, 3.05) is 0 Å². The molecule has 0 spiro atoms. The minimum absolute atomic E-state index is 0.0570. The van der Waals surface area contributed by atoms with Crippen LogP contribution in [0.2, 0.25) is 0 Å². The average molecular weight is 408 g/mol. The van der Waals surface area contributed by atoms with Gasteiger partial charge in [0.2, 0.25) is 0 Å². The van der Waals surface area contributed by atoms with Crippen LogP contribution in [0.1, 0.15) is 35.5 Å². The Morgan fingerprint density at radius 3 is 2.79 bits per heavy atom. The van der Waals surface area contributed by atoms with E-state index < -0.39 is 0 Å². The van der Waals surface area contributed by atoms with Gasteiger partial charge in [0.25, 0.3) is 0 Å². The standard InChI is InChI=1S/C12H16Br2N4S/c1-3-4-18-11(8(13)6-16-18)10(17-15)9-5-7(2)12(14)19-9/h5-6,10,17H,3-4,15H2,1-2H3. The normalized spacial score (nSPS) is 12.9. The first-order valence-corrected chi connectivity index (χ1v) is 8.41. The van der Waals surface area contributed by atoms with Crippen LogP contribution in [0, 0.1) is 6.92 Å². The first-order chi connectivity index (χ1) is 9.08. The second kappa shape index (κ2) is 6.49. The molecule has 0 radical (unpaired) electrons. The van der Waals surface area contributed by atoms with Gasteiger partial charge >= 0.3 is 0 Å². The molecule has 7 heteroatoms. The highest BCUT2D eigenvalue weighted by Crippen LogP contribution is 2.36. The fourth-order valence-corrected chi connectivity index (χ4v) is 4.13. The van der Waals surface area contributed by atoms with E-state index in [4.69, 9.17) is 5.84 Å². The molecule has 1 atom stereocenters. The molecule has 0 fully saturated rings. The van der Waals surface area contributed by atoms with E-state index in [-0.39, 0.29) is 6.04 Å². The topological polar surface area (TPSA) is 55.9 Å². The van der Waals surface area contributed by atoms with Gasteiger partial charge in [-0.25, -0.2) is 5.43 Å². The summed E-state index contributed by atoms with van der Waals surface area (Å²) in [6, 6.07) is 2.09. The van der Waals surface area contributed by atoms with Crippen molar-refractivity contribution in [2.45, 2.75) is 32.9 Å². The van der Waals surface area contributed by atoms with Crippen molar-refractivity contribution >= 4 is 43.2 Å². The second-order valence-electron chi connectivity index (χ2n) is 4.31. The highest BCUT2D eigenvalue weighted by molar-refractivity contribution is 9.11. The molecule has 4 nitrogen and oxygen atoms in total. The molecule has 0 aliphatic heterocycles. The molecule has 104 valence electrons. The van der Waals surface area contributed by atoms with E-state index in [2.05, 4.69) is 62.3 Å². The summed E-state index contributed by atoms with van der Waals surface area (Å²) in [6.45, 7) is 5.09. The Balaban J connectivity index is 2.44. The van der Waals surface area contributed by atoms with Crippen molar-refractivity contribution in [3.63, 3.8) is 0 Å². The smallest absolute Gasteiger partial charge is 0.0981 e. The highest BCUT2D eigenvalue weighted by Gasteiger charge is 2.22. The van der Waals surface area contributed by atoms with Gasteiger partial charge in [-0.05, 0) is 56.8 Å². The van der Waals surface area contributed by atoms with Crippen molar-refractivity contribution in [1.82, 2.24) is 15.2 Å². The molecule has 0 aliphatic rings. The van der Waals surface area contributed by atoms with Crippen molar-refractivity contribution in [2.24, 2.45) is 5.84 Å². The van der Waals surface area contributed by atoms with Gasteiger partial charge < -0.3 is 0 Å². The van der Waals surface area contributed by atoms with Crippen LogP contribution in [0.15, 0.2) is 20.5 Å². The molecular formula is C12H16Br2N4S. The van der Waals surface area contributed by atoms with Crippen LogP contribution in [0.4, 0.5) is 0 Å². The van der Waals surface area contributed by atoms with Crippen molar-refractivity contribution in [3.05, 3.63) is 36.7 Å². The van der Waals surface area contributed by atoms with Crippen LogP contribution in [-0.2, 0) is 6.54 Å². The maximum Gasteiger partial charge on any atom is 0.0981 e. The van der Waals surface area contributed by atoms with E-state index in [0.29, 0.717) is 0 Å². The molecule has 2 rings (SSSR count). The van der Waals surface area contributed by atoms with Crippen molar-refractivity contribution in [1.29, 1.82) is 0 Å². The first kappa shape index (κ1) is 15.2. The van der Waals surface area contributed by atoms with E-state index in [1.165, 1.54) is 10.4 Å². The summed E-state index contributed by atoms with van der Waals surface area (Å²) in [6.07, 6.45) is 2.86. The summed E-state index contributed by atoms with van der Waals surface area (Å²) >= 11 is 8.82. The van der Waals surface area contributed by atoms with Gasteiger partial charge in [-0.15, -0.1) is 11.3 Å². The maximum absolute atomic E-state index is 5.77. The predicted molar refractivity (Wildman–Crippen MR) is 86.1 cm³/mol. The summed E-state index contributed by atoms with van der Waals surface area (Å²) in [7, 11) is 0. The molecule has 2 aromatic rings. The van der Waals surface area contributed by atoms with Gasteiger partial charge in [0.05, 0.1) is 26.2 Å². The quantitative estimate of drug-likeness (QED) is 0.586. The Bertz CT molecular complexity index is 545. The second-order valence-corrected chi connectivity index (χ2v) is 7.56. The molecule has 0 amide bonds. The Kier molecular flexibility index (Phi) is 5.19. The molecule has 2 aromatic heterocycles. The molecular weight excluding hydrogens is 392 g/mol. The Labute approximate surface area is 133 Å². The number of aromatic nitrogens is 2. The minimum Gasteiger partial charge on any atom is -0.270 e. The third-order valence-corrected chi connectivity index (χ3v) is 5.68. The number of nitrogens with two attached hydrogens (primary N) is 1. The van der Waals surface area contributed by atoms with E-state index >= 15 is 0 Å². The van der Waals surface area contributed by atoms with Gasteiger partial charge in [0.1, 0.15) is 0 Å². The fourth-order valence-electron chi connectivity index (χ4n) is 1.97. The number of hydrogen-bond donors (Lipinski definition) is 2.